The van der Waals surface area contributed by atoms with Crippen LogP contribution in [0.3, 0.4) is 0 Å². The average molecular weight is 390 g/mol. The van der Waals surface area contributed by atoms with Crippen molar-refractivity contribution in [3.63, 3.8) is 0 Å². The van der Waals surface area contributed by atoms with Crippen molar-refractivity contribution >= 4 is 15.9 Å². The third kappa shape index (κ3) is 6.16. The van der Waals surface area contributed by atoms with Gasteiger partial charge in [0, 0.05) is 13.0 Å². The Morgan fingerprint density at radius 3 is 2.22 bits per heavy atom. The van der Waals surface area contributed by atoms with Crippen LogP contribution >= 0.6 is 0 Å². The normalized spacial score (nSPS) is 12.7. The number of rotatable bonds is 9. The van der Waals surface area contributed by atoms with E-state index in [1.165, 1.54) is 7.05 Å². The lowest BCUT2D eigenvalue weighted by molar-refractivity contribution is -0.121. The van der Waals surface area contributed by atoms with Gasteiger partial charge in [-0.15, -0.1) is 0 Å². The first kappa shape index (κ1) is 21.1. The van der Waals surface area contributed by atoms with Crippen LogP contribution in [0.25, 0.3) is 0 Å². The largest absolute Gasteiger partial charge is 0.354 e. The summed E-state index contributed by atoms with van der Waals surface area (Å²) in [7, 11) is 1.93. The highest BCUT2D eigenvalue weighted by Crippen LogP contribution is 2.17. The molecule has 2 aromatic carbocycles. The summed E-state index contributed by atoms with van der Waals surface area (Å²) in [6, 6.07) is 16.8. The first-order chi connectivity index (χ1) is 12.8. The number of amides is 1. The Kier molecular flexibility index (Phi) is 7.53. The van der Waals surface area contributed by atoms with E-state index in [0.717, 1.165) is 11.1 Å². The first-order valence-corrected chi connectivity index (χ1v) is 10.3. The molecule has 146 valence electrons. The van der Waals surface area contributed by atoms with Gasteiger partial charge in [0.2, 0.25) is 15.9 Å². The number of sulfonamides is 1. The van der Waals surface area contributed by atoms with Crippen LogP contribution in [0.5, 0.6) is 0 Å². The maximum atomic E-state index is 12.2. The third-order valence-electron chi connectivity index (χ3n) is 4.44. The molecule has 0 fully saturated rings. The maximum Gasteiger partial charge on any atom is 0.240 e. The zero-order valence-corrected chi connectivity index (χ0v) is 16.8. The van der Waals surface area contributed by atoms with Crippen LogP contribution in [0.15, 0.2) is 59.5 Å². The van der Waals surface area contributed by atoms with Crippen molar-refractivity contribution in [3.8, 4) is 0 Å². The van der Waals surface area contributed by atoms with E-state index in [2.05, 4.69) is 27.1 Å². The summed E-state index contributed by atoms with van der Waals surface area (Å²) in [5.41, 5.74) is 2.08. The SMILES string of the molecule is CNS(=O)(=O)c1ccc(CCC(=O)NC[C@@H](c2ccccc2)N(C)C)cc1. The fraction of sp³-hybridized carbons (Fsp3) is 0.350. The molecule has 2 rings (SSSR count). The number of carbonyl (C=O) groups is 1. The molecule has 0 spiro atoms. The van der Waals surface area contributed by atoms with Gasteiger partial charge in [0.25, 0.3) is 0 Å². The molecule has 2 N–H and O–H groups in total. The molecule has 0 heterocycles. The van der Waals surface area contributed by atoms with Crippen molar-refractivity contribution < 1.29 is 13.2 Å². The van der Waals surface area contributed by atoms with Gasteiger partial charge >= 0.3 is 0 Å². The Morgan fingerprint density at radius 2 is 1.67 bits per heavy atom. The van der Waals surface area contributed by atoms with Crippen LogP contribution in [0, 0.1) is 0 Å². The van der Waals surface area contributed by atoms with Crippen LogP contribution in [0.1, 0.15) is 23.6 Å². The number of nitrogens with one attached hydrogen (secondary N) is 2. The first-order valence-electron chi connectivity index (χ1n) is 8.84. The molecule has 0 saturated heterocycles. The minimum absolute atomic E-state index is 0.0234. The van der Waals surface area contributed by atoms with Gasteiger partial charge in [0.1, 0.15) is 0 Å². The average Bonchev–Trinajstić information content (AvgIpc) is 2.67. The Labute approximate surface area is 161 Å². The molecule has 1 amide bonds. The molecule has 0 aliphatic rings. The van der Waals surface area contributed by atoms with E-state index in [1.807, 2.05) is 32.3 Å². The highest BCUT2D eigenvalue weighted by atomic mass is 32.2. The van der Waals surface area contributed by atoms with Gasteiger partial charge in [-0.3, -0.25) is 4.79 Å². The van der Waals surface area contributed by atoms with Crippen LogP contribution < -0.4 is 10.0 Å². The van der Waals surface area contributed by atoms with Gasteiger partial charge in [-0.2, -0.15) is 0 Å². The van der Waals surface area contributed by atoms with E-state index in [9.17, 15) is 13.2 Å². The van der Waals surface area contributed by atoms with E-state index < -0.39 is 10.0 Å². The number of hydrogen-bond donors (Lipinski definition) is 2. The topological polar surface area (TPSA) is 78.5 Å². The van der Waals surface area contributed by atoms with E-state index in [4.69, 9.17) is 0 Å². The van der Waals surface area contributed by atoms with Crippen LogP contribution in [-0.2, 0) is 21.2 Å². The summed E-state index contributed by atoms with van der Waals surface area (Å²) >= 11 is 0. The summed E-state index contributed by atoms with van der Waals surface area (Å²) in [5, 5.41) is 2.99. The van der Waals surface area contributed by atoms with E-state index in [1.54, 1.807) is 24.3 Å². The van der Waals surface area contributed by atoms with Crippen LogP contribution in [-0.4, -0.2) is 46.9 Å². The molecule has 2 aromatic rings. The standard InChI is InChI=1S/C20H27N3O3S/c1-21-27(25,26)18-12-9-16(10-13-18)11-14-20(24)22-15-19(23(2)3)17-7-5-4-6-8-17/h4-10,12-13,19,21H,11,14-15H2,1-3H3,(H,22,24)/t19-/m0/s1. The van der Waals surface area contributed by atoms with Crippen molar-refractivity contribution in [2.75, 3.05) is 27.7 Å². The fourth-order valence-electron chi connectivity index (χ4n) is 2.78. The summed E-state index contributed by atoms with van der Waals surface area (Å²) in [6.07, 6.45) is 0.913. The number of carbonyl (C=O) groups excluding carboxylic acids is 1. The number of benzene rings is 2. The Balaban J connectivity index is 1.87. The molecule has 0 aromatic heterocycles. The fourth-order valence-corrected chi connectivity index (χ4v) is 3.51. The highest BCUT2D eigenvalue weighted by Gasteiger charge is 2.15. The molecule has 0 aliphatic heterocycles. The summed E-state index contributed by atoms with van der Waals surface area (Å²) in [5.74, 6) is -0.0234. The maximum absolute atomic E-state index is 12.2. The molecule has 6 nitrogen and oxygen atoms in total. The van der Waals surface area contributed by atoms with Gasteiger partial charge in [0.15, 0.2) is 0 Å². The monoisotopic (exact) mass is 389 g/mol. The summed E-state index contributed by atoms with van der Waals surface area (Å²) in [4.78, 5) is 14.5. The van der Waals surface area contributed by atoms with Crippen molar-refractivity contribution in [2.45, 2.75) is 23.8 Å². The van der Waals surface area contributed by atoms with E-state index in [0.29, 0.717) is 19.4 Å². The molecular weight excluding hydrogens is 362 g/mol. The smallest absolute Gasteiger partial charge is 0.240 e. The zero-order chi connectivity index (χ0) is 19.9. The lowest BCUT2D eigenvalue weighted by Gasteiger charge is -2.25. The predicted octanol–water partition coefficient (Wildman–Crippen LogP) is 1.95. The van der Waals surface area contributed by atoms with Crippen molar-refractivity contribution in [1.29, 1.82) is 0 Å². The second-order valence-electron chi connectivity index (χ2n) is 6.55. The molecule has 1 atom stereocenters. The number of nitrogens with zero attached hydrogens (tertiary/aromatic N) is 1. The number of hydrogen-bond acceptors (Lipinski definition) is 4. The molecule has 0 saturated carbocycles. The summed E-state index contributed by atoms with van der Waals surface area (Å²) < 4.78 is 25.7. The van der Waals surface area contributed by atoms with Gasteiger partial charge in [0.05, 0.1) is 10.9 Å². The molecule has 7 heteroatoms. The van der Waals surface area contributed by atoms with Crippen LogP contribution in [0.2, 0.25) is 0 Å². The number of likely N-dealkylation sites (N-methyl/N-ethyl adjacent to an activating group) is 1. The molecular formula is C20H27N3O3S. The lowest BCUT2D eigenvalue weighted by Crippen LogP contribution is -2.34. The van der Waals surface area contributed by atoms with Gasteiger partial charge < -0.3 is 10.2 Å². The Bertz CT molecular complexity index is 835. The highest BCUT2D eigenvalue weighted by molar-refractivity contribution is 7.89. The second kappa shape index (κ2) is 9.64. The third-order valence-corrected chi connectivity index (χ3v) is 5.87. The van der Waals surface area contributed by atoms with Crippen molar-refractivity contribution in [2.24, 2.45) is 0 Å². The quantitative estimate of drug-likeness (QED) is 0.687. The lowest BCUT2D eigenvalue weighted by atomic mass is 10.1. The van der Waals surface area contributed by atoms with Crippen molar-refractivity contribution in [1.82, 2.24) is 14.9 Å². The molecule has 0 radical (unpaired) electrons. The Morgan fingerprint density at radius 1 is 1.04 bits per heavy atom. The van der Waals surface area contributed by atoms with Gasteiger partial charge in [-0.25, -0.2) is 13.1 Å². The van der Waals surface area contributed by atoms with Gasteiger partial charge in [-0.05, 0) is 50.8 Å². The summed E-state index contributed by atoms with van der Waals surface area (Å²) in [6.45, 7) is 0.537. The second-order valence-corrected chi connectivity index (χ2v) is 8.43. The van der Waals surface area contributed by atoms with Crippen molar-refractivity contribution in [3.05, 3.63) is 65.7 Å². The van der Waals surface area contributed by atoms with E-state index >= 15 is 0 Å². The molecule has 27 heavy (non-hydrogen) atoms. The predicted molar refractivity (Wildman–Crippen MR) is 107 cm³/mol. The molecule has 0 aliphatic carbocycles. The molecule has 0 bridgehead atoms. The minimum Gasteiger partial charge on any atom is -0.354 e. The Hall–Kier alpha value is -2.22. The minimum atomic E-state index is -3.43. The zero-order valence-electron chi connectivity index (χ0n) is 16.0. The van der Waals surface area contributed by atoms with Gasteiger partial charge in [-0.1, -0.05) is 42.5 Å². The molecule has 0 unspecified atom stereocenters. The number of aryl methyl sites for hydroxylation is 1. The van der Waals surface area contributed by atoms with Crippen LogP contribution in [0.4, 0.5) is 0 Å². The van der Waals surface area contributed by atoms with E-state index in [-0.39, 0.29) is 16.8 Å².